The first-order chi connectivity index (χ1) is 10.5. The lowest BCUT2D eigenvalue weighted by Crippen LogP contribution is -2.41. The van der Waals surface area contributed by atoms with Gasteiger partial charge in [-0.2, -0.15) is 0 Å². The van der Waals surface area contributed by atoms with E-state index in [9.17, 15) is 9.59 Å². The van der Waals surface area contributed by atoms with Crippen molar-refractivity contribution in [1.29, 1.82) is 0 Å². The molecule has 1 unspecified atom stereocenters. The van der Waals surface area contributed by atoms with E-state index in [4.69, 9.17) is 5.21 Å². The quantitative estimate of drug-likeness (QED) is 0.648. The number of nitrogens with one attached hydrogen (secondary N) is 1. The largest absolute Gasteiger partial charge is 0.340 e. The normalized spacial score (nSPS) is 24.0. The second kappa shape index (κ2) is 5.39. The zero-order valence-corrected chi connectivity index (χ0v) is 13.1. The topological polar surface area (TPSA) is 69.6 Å². The number of carbonyl (C=O) groups excluding carboxylic acids is 2. The van der Waals surface area contributed by atoms with Gasteiger partial charge in [-0.3, -0.25) is 14.8 Å². The predicted molar refractivity (Wildman–Crippen MR) is 81.6 cm³/mol. The molecule has 1 aromatic rings. The smallest absolute Gasteiger partial charge is 0.274 e. The first-order valence-electron chi connectivity index (χ1n) is 7.84. The molecular formula is C17H22N2O3. The monoisotopic (exact) mass is 302 g/mol. The number of nitrogens with zero attached hydrogens (tertiary/aromatic N) is 1. The van der Waals surface area contributed by atoms with Gasteiger partial charge in [-0.05, 0) is 62.8 Å². The van der Waals surface area contributed by atoms with E-state index in [1.54, 1.807) is 11.5 Å². The molecule has 1 spiro atoms. The van der Waals surface area contributed by atoms with Gasteiger partial charge in [-0.25, -0.2) is 5.48 Å². The van der Waals surface area contributed by atoms with Gasteiger partial charge in [-0.15, -0.1) is 0 Å². The van der Waals surface area contributed by atoms with Crippen LogP contribution < -0.4 is 5.48 Å². The summed E-state index contributed by atoms with van der Waals surface area (Å²) in [5.74, 6) is -0.255. The van der Waals surface area contributed by atoms with Crippen LogP contribution in [0.4, 0.5) is 0 Å². The molecule has 118 valence electrons. The van der Waals surface area contributed by atoms with Gasteiger partial charge < -0.3 is 4.90 Å². The fraction of sp³-hybridized carbons (Fsp3) is 0.529. The summed E-state index contributed by atoms with van der Waals surface area (Å²) >= 11 is 0. The third-order valence-electron chi connectivity index (χ3n) is 5.14. The molecule has 0 saturated carbocycles. The molecule has 0 aromatic heterocycles. The van der Waals surface area contributed by atoms with E-state index in [1.807, 2.05) is 17.0 Å². The van der Waals surface area contributed by atoms with Crippen molar-refractivity contribution in [2.45, 2.75) is 45.6 Å². The minimum Gasteiger partial charge on any atom is -0.340 e. The molecule has 1 saturated heterocycles. The number of hydrogen-bond acceptors (Lipinski definition) is 3. The van der Waals surface area contributed by atoms with Crippen LogP contribution in [0.3, 0.4) is 0 Å². The third-order valence-corrected chi connectivity index (χ3v) is 5.14. The Labute approximate surface area is 130 Å². The lowest BCUT2D eigenvalue weighted by molar-refractivity contribution is -0.138. The van der Waals surface area contributed by atoms with Gasteiger partial charge in [0.2, 0.25) is 5.91 Å². The molecule has 22 heavy (non-hydrogen) atoms. The van der Waals surface area contributed by atoms with Gasteiger partial charge in [0, 0.05) is 18.2 Å². The average molecular weight is 302 g/mol. The van der Waals surface area contributed by atoms with Gasteiger partial charge in [-0.1, -0.05) is 6.07 Å². The number of hydroxylamine groups is 1. The van der Waals surface area contributed by atoms with Crippen LogP contribution in [0.15, 0.2) is 18.2 Å². The summed E-state index contributed by atoms with van der Waals surface area (Å²) in [7, 11) is 0. The van der Waals surface area contributed by atoms with Crippen molar-refractivity contribution >= 4 is 11.8 Å². The number of carbonyl (C=O) groups is 2. The van der Waals surface area contributed by atoms with Gasteiger partial charge in [0.15, 0.2) is 0 Å². The van der Waals surface area contributed by atoms with Crippen LogP contribution in [0.1, 0.15) is 48.2 Å². The SMILES string of the molecule is CC(C)N1CCC2(CCc3ccc(C(=O)NO)cc3C2)C1=O. The van der Waals surface area contributed by atoms with Crippen LogP contribution in [-0.4, -0.2) is 34.5 Å². The molecule has 5 nitrogen and oxygen atoms in total. The zero-order valence-electron chi connectivity index (χ0n) is 13.1. The molecule has 0 radical (unpaired) electrons. The summed E-state index contributed by atoms with van der Waals surface area (Å²) in [5, 5.41) is 8.77. The number of benzene rings is 1. The Morgan fingerprint density at radius 3 is 2.73 bits per heavy atom. The second-order valence-corrected chi connectivity index (χ2v) is 6.72. The van der Waals surface area contributed by atoms with Crippen LogP contribution in [-0.2, 0) is 17.6 Å². The van der Waals surface area contributed by atoms with Gasteiger partial charge in [0.25, 0.3) is 5.91 Å². The maximum atomic E-state index is 12.8. The zero-order chi connectivity index (χ0) is 15.9. The average Bonchev–Trinajstić information content (AvgIpc) is 2.82. The van der Waals surface area contributed by atoms with Crippen LogP contribution in [0.25, 0.3) is 0 Å². The van der Waals surface area contributed by atoms with Crippen LogP contribution in [0, 0.1) is 5.41 Å². The first kappa shape index (κ1) is 15.0. The van der Waals surface area contributed by atoms with Gasteiger partial charge >= 0.3 is 0 Å². The number of amides is 2. The molecule has 0 bridgehead atoms. The number of hydrogen-bond donors (Lipinski definition) is 2. The summed E-state index contributed by atoms with van der Waals surface area (Å²) in [5.41, 5.74) is 4.07. The van der Waals surface area contributed by atoms with Crippen LogP contribution >= 0.6 is 0 Å². The Morgan fingerprint density at radius 1 is 1.32 bits per heavy atom. The minimum absolute atomic E-state index is 0.236. The van der Waals surface area contributed by atoms with E-state index >= 15 is 0 Å². The highest BCUT2D eigenvalue weighted by Gasteiger charge is 2.48. The third kappa shape index (κ3) is 2.29. The molecule has 1 atom stereocenters. The summed E-state index contributed by atoms with van der Waals surface area (Å²) in [6.45, 7) is 4.93. The van der Waals surface area contributed by atoms with E-state index in [-0.39, 0.29) is 17.4 Å². The van der Waals surface area contributed by atoms with Crippen LogP contribution in [0.5, 0.6) is 0 Å². The maximum Gasteiger partial charge on any atom is 0.274 e. The summed E-state index contributed by atoms with van der Waals surface area (Å²) in [4.78, 5) is 26.4. The maximum absolute atomic E-state index is 12.8. The van der Waals surface area contributed by atoms with Crippen molar-refractivity contribution in [3.05, 3.63) is 34.9 Å². The highest BCUT2D eigenvalue weighted by Crippen LogP contribution is 2.44. The molecule has 1 aliphatic carbocycles. The Balaban J connectivity index is 1.90. The number of fused-ring (bicyclic) bond motifs is 1. The molecule has 1 heterocycles. The first-order valence-corrected chi connectivity index (χ1v) is 7.84. The number of rotatable bonds is 2. The Kier molecular flexibility index (Phi) is 3.68. The van der Waals surface area contributed by atoms with Crippen molar-refractivity contribution in [2.24, 2.45) is 5.41 Å². The minimum atomic E-state index is -0.510. The second-order valence-electron chi connectivity index (χ2n) is 6.72. The molecule has 1 aromatic carbocycles. The van der Waals surface area contributed by atoms with Crippen LogP contribution in [0.2, 0.25) is 0 Å². The van der Waals surface area contributed by atoms with E-state index in [2.05, 4.69) is 13.8 Å². The van der Waals surface area contributed by atoms with Gasteiger partial charge in [0.1, 0.15) is 0 Å². The molecule has 5 heteroatoms. The standard InChI is InChI=1S/C17H22N2O3/c1-11(2)19-8-7-17(16(19)21)6-5-12-3-4-13(15(20)18-22)9-14(12)10-17/h3-4,9,11,22H,5-8,10H2,1-2H3,(H,18,20). The van der Waals surface area contributed by atoms with E-state index in [0.717, 1.165) is 31.4 Å². The highest BCUT2D eigenvalue weighted by molar-refractivity contribution is 5.93. The highest BCUT2D eigenvalue weighted by atomic mass is 16.5. The predicted octanol–water partition coefficient (Wildman–Crippen LogP) is 1.92. The Morgan fingerprint density at radius 2 is 2.09 bits per heavy atom. The molecule has 2 aliphatic rings. The van der Waals surface area contributed by atoms with Crippen molar-refractivity contribution in [3.63, 3.8) is 0 Å². The molecule has 1 aliphatic heterocycles. The van der Waals surface area contributed by atoms with Crippen molar-refractivity contribution in [3.8, 4) is 0 Å². The molecular weight excluding hydrogens is 280 g/mol. The van der Waals surface area contributed by atoms with E-state index in [1.165, 1.54) is 5.56 Å². The summed E-state index contributed by atoms with van der Waals surface area (Å²) < 4.78 is 0. The Bertz CT molecular complexity index is 626. The molecule has 2 amide bonds. The fourth-order valence-corrected chi connectivity index (χ4v) is 3.80. The van der Waals surface area contributed by atoms with E-state index < -0.39 is 5.91 Å². The van der Waals surface area contributed by atoms with Crippen molar-refractivity contribution < 1.29 is 14.8 Å². The fourth-order valence-electron chi connectivity index (χ4n) is 3.80. The lowest BCUT2D eigenvalue weighted by Gasteiger charge is -2.34. The van der Waals surface area contributed by atoms with Gasteiger partial charge in [0.05, 0.1) is 5.41 Å². The Hall–Kier alpha value is -1.88. The number of likely N-dealkylation sites (tertiary alicyclic amines) is 1. The molecule has 2 N–H and O–H groups in total. The van der Waals surface area contributed by atoms with Crippen molar-refractivity contribution in [2.75, 3.05) is 6.54 Å². The molecule has 1 fully saturated rings. The lowest BCUT2D eigenvalue weighted by atomic mass is 9.70. The molecule has 3 rings (SSSR count). The van der Waals surface area contributed by atoms with Crippen molar-refractivity contribution in [1.82, 2.24) is 10.4 Å². The summed E-state index contributed by atoms with van der Waals surface area (Å²) in [6, 6.07) is 5.71. The van der Waals surface area contributed by atoms with E-state index in [0.29, 0.717) is 12.0 Å². The number of aryl methyl sites for hydroxylation is 1. The summed E-state index contributed by atoms with van der Waals surface area (Å²) in [6.07, 6.45) is 3.33.